The summed E-state index contributed by atoms with van der Waals surface area (Å²) in [5, 5.41) is 2.94. The fraction of sp³-hybridized carbons (Fsp3) is 0.188. The van der Waals surface area contributed by atoms with Gasteiger partial charge in [-0.25, -0.2) is 0 Å². The summed E-state index contributed by atoms with van der Waals surface area (Å²) in [5.41, 5.74) is 3.25. The average molecular weight is 271 g/mol. The molecule has 0 fully saturated rings. The molecule has 1 N–H and O–H groups in total. The zero-order valence-corrected chi connectivity index (χ0v) is 11.6. The molecular formula is C16H17NOS. The van der Waals surface area contributed by atoms with Gasteiger partial charge in [0.2, 0.25) is 5.91 Å². The van der Waals surface area contributed by atoms with E-state index in [4.69, 9.17) is 0 Å². The van der Waals surface area contributed by atoms with Crippen LogP contribution in [-0.4, -0.2) is 11.7 Å². The molecule has 1 amide bonds. The molecule has 0 radical (unpaired) electrons. The molecule has 2 aromatic rings. The quantitative estimate of drug-likeness (QED) is 0.800. The minimum atomic E-state index is 0.00973. The van der Waals surface area contributed by atoms with Crippen molar-refractivity contribution in [2.75, 3.05) is 11.1 Å². The summed E-state index contributed by atoms with van der Waals surface area (Å²) in [6, 6.07) is 18.1. The van der Waals surface area contributed by atoms with Crippen LogP contribution in [0.5, 0.6) is 0 Å². The number of hydrogen-bond donors (Lipinski definition) is 2. The van der Waals surface area contributed by atoms with Crippen molar-refractivity contribution in [3.8, 4) is 0 Å². The number of hydrogen-bond acceptors (Lipinski definition) is 2. The van der Waals surface area contributed by atoms with Gasteiger partial charge in [0.25, 0.3) is 0 Å². The lowest BCUT2D eigenvalue weighted by molar-refractivity contribution is -0.115. The molecule has 0 bridgehead atoms. The highest BCUT2D eigenvalue weighted by atomic mass is 32.1. The van der Waals surface area contributed by atoms with Gasteiger partial charge >= 0.3 is 0 Å². The SMILES string of the molecule is O=C(CCS)Nc1ccccc1Cc1ccccc1. The van der Waals surface area contributed by atoms with Crippen molar-refractivity contribution in [1.82, 2.24) is 0 Å². The summed E-state index contributed by atoms with van der Waals surface area (Å²) in [4.78, 5) is 11.7. The van der Waals surface area contributed by atoms with Gasteiger partial charge < -0.3 is 5.32 Å². The highest BCUT2D eigenvalue weighted by Gasteiger charge is 2.06. The van der Waals surface area contributed by atoms with Crippen LogP contribution in [0.3, 0.4) is 0 Å². The van der Waals surface area contributed by atoms with E-state index in [1.54, 1.807) is 0 Å². The third-order valence-corrected chi connectivity index (χ3v) is 3.09. The van der Waals surface area contributed by atoms with E-state index in [9.17, 15) is 4.79 Å². The van der Waals surface area contributed by atoms with Gasteiger partial charge in [0.15, 0.2) is 0 Å². The first kappa shape index (κ1) is 13.7. The number of rotatable bonds is 5. The molecule has 0 saturated heterocycles. The Morgan fingerprint density at radius 3 is 2.42 bits per heavy atom. The molecule has 98 valence electrons. The van der Waals surface area contributed by atoms with Crippen LogP contribution in [0.1, 0.15) is 17.5 Å². The molecule has 3 heteroatoms. The van der Waals surface area contributed by atoms with Gasteiger partial charge in [0, 0.05) is 12.1 Å². The lowest BCUT2D eigenvalue weighted by Crippen LogP contribution is -2.13. The molecular weight excluding hydrogens is 254 g/mol. The van der Waals surface area contributed by atoms with Crippen LogP contribution < -0.4 is 5.32 Å². The van der Waals surface area contributed by atoms with Crippen molar-refractivity contribution in [3.05, 3.63) is 65.7 Å². The third kappa shape index (κ3) is 4.14. The summed E-state index contributed by atoms with van der Waals surface area (Å²) in [6.07, 6.45) is 1.25. The van der Waals surface area contributed by atoms with Crippen LogP contribution in [0, 0.1) is 0 Å². The second-order valence-corrected chi connectivity index (χ2v) is 4.79. The standard InChI is InChI=1S/C16H17NOS/c18-16(10-11-19)17-15-9-5-4-8-14(15)12-13-6-2-1-3-7-13/h1-9,19H,10-12H2,(H,17,18). The molecule has 0 saturated carbocycles. The van der Waals surface area contributed by atoms with Gasteiger partial charge in [-0.3, -0.25) is 4.79 Å². The number of nitrogens with one attached hydrogen (secondary N) is 1. The summed E-state index contributed by atoms with van der Waals surface area (Å²) < 4.78 is 0. The molecule has 0 aromatic heterocycles. The monoisotopic (exact) mass is 271 g/mol. The predicted molar refractivity (Wildman–Crippen MR) is 82.8 cm³/mol. The summed E-state index contributed by atoms with van der Waals surface area (Å²) in [6.45, 7) is 0. The highest BCUT2D eigenvalue weighted by molar-refractivity contribution is 7.80. The highest BCUT2D eigenvalue weighted by Crippen LogP contribution is 2.19. The zero-order valence-electron chi connectivity index (χ0n) is 10.7. The Morgan fingerprint density at radius 2 is 1.68 bits per heavy atom. The summed E-state index contributed by atoms with van der Waals surface area (Å²) in [5.74, 6) is 0.572. The molecule has 2 nitrogen and oxygen atoms in total. The Labute approximate surface area is 119 Å². The van der Waals surface area contributed by atoms with E-state index in [-0.39, 0.29) is 5.91 Å². The Morgan fingerprint density at radius 1 is 1.00 bits per heavy atom. The normalized spacial score (nSPS) is 10.2. The first-order valence-corrected chi connectivity index (χ1v) is 6.95. The number of benzene rings is 2. The molecule has 0 atom stereocenters. The fourth-order valence-electron chi connectivity index (χ4n) is 1.93. The van der Waals surface area contributed by atoms with Gasteiger partial charge in [-0.2, -0.15) is 12.6 Å². The molecule has 0 heterocycles. The molecule has 0 aliphatic heterocycles. The first-order chi connectivity index (χ1) is 9.29. The van der Waals surface area contributed by atoms with Gasteiger partial charge in [0.1, 0.15) is 0 Å². The number of anilines is 1. The summed E-state index contributed by atoms with van der Waals surface area (Å²) in [7, 11) is 0. The van der Waals surface area contributed by atoms with Gasteiger partial charge in [0.05, 0.1) is 0 Å². The van der Waals surface area contributed by atoms with Crippen LogP contribution >= 0.6 is 12.6 Å². The lowest BCUT2D eigenvalue weighted by Gasteiger charge is -2.10. The molecule has 2 rings (SSSR count). The molecule has 0 unspecified atom stereocenters. The predicted octanol–water partition coefficient (Wildman–Crippen LogP) is 3.54. The third-order valence-electron chi connectivity index (χ3n) is 2.87. The van der Waals surface area contributed by atoms with E-state index in [1.807, 2.05) is 42.5 Å². The minimum absolute atomic E-state index is 0.00973. The maximum Gasteiger partial charge on any atom is 0.225 e. The van der Waals surface area contributed by atoms with E-state index in [0.717, 1.165) is 17.7 Å². The van der Waals surface area contributed by atoms with E-state index in [2.05, 4.69) is 30.1 Å². The van der Waals surface area contributed by atoms with Crippen LogP contribution in [0.4, 0.5) is 5.69 Å². The second-order valence-electron chi connectivity index (χ2n) is 4.34. The van der Waals surface area contributed by atoms with Crippen molar-refractivity contribution in [2.45, 2.75) is 12.8 Å². The topological polar surface area (TPSA) is 29.1 Å². The Kier molecular flexibility index (Phi) is 5.04. The van der Waals surface area contributed by atoms with E-state index in [0.29, 0.717) is 12.2 Å². The maximum absolute atomic E-state index is 11.7. The zero-order chi connectivity index (χ0) is 13.5. The average Bonchev–Trinajstić information content (AvgIpc) is 2.42. The van der Waals surface area contributed by atoms with E-state index >= 15 is 0 Å². The largest absolute Gasteiger partial charge is 0.326 e. The van der Waals surface area contributed by atoms with Crippen LogP contribution in [0.2, 0.25) is 0 Å². The van der Waals surface area contributed by atoms with Crippen LogP contribution in [-0.2, 0) is 11.2 Å². The van der Waals surface area contributed by atoms with E-state index in [1.165, 1.54) is 5.56 Å². The smallest absolute Gasteiger partial charge is 0.225 e. The van der Waals surface area contributed by atoms with Crippen molar-refractivity contribution < 1.29 is 4.79 Å². The molecule has 2 aromatic carbocycles. The Bertz CT molecular complexity index is 539. The van der Waals surface area contributed by atoms with Gasteiger partial charge in [-0.15, -0.1) is 0 Å². The van der Waals surface area contributed by atoms with Crippen molar-refractivity contribution in [2.24, 2.45) is 0 Å². The number of thiol groups is 1. The number of carbonyl (C=O) groups is 1. The number of carbonyl (C=O) groups excluding carboxylic acids is 1. The molecule has 0 aliphatic rings. The Balaban J connectivity index is 2.14. The van der Waals surface area contributed by atoms with Gasteiger partial charge in [-0.1, -0.05) is 48.5 Å². The van der Waals surface area contributed by atoms with Gasteiger partial charge in [-0.05, 0) is 29.4 Å². The van der Waals surface area contributed by atoms with Crippen molar-refractivity contribution in [3.63, 3.8) is 0 Å². The van der Waals surface area contributed by atoms with Crippen molar-refractivity contribution in [1.29, 1.82) is 0 Å². The van der Waals surface area contributed by atoms with Crippen molar-refractivity contribution >= 4 is 24.2 Å². The Hall–Kier alpha value is -1.74. The van der Waals surface area contributed by atoms with E-state index < -0.39 is 0 Å². The second kappa shape index (κ2) is 7.00. The molecule has 0 spiro atoms. The minimum Gasteiger partial charge on any atom is -0.326 e. The molecule has 19 heavy (non-hydrogen) atoms. The van der Waals surface area contributed by atoms with Crippen LogP contribution in [0.15, 0.2) is 54.6 Å². The molecule has 0 aliphatic carbocycles. The number of amides is 1. The van der Waals surface area contributed by atoms with Crippen LogP contribution in [0.25, 0.3) is 0 Å². The fourth-order valence-corrected chi connectivity index (χ4v) is 2.13. The maximum atomic E-state index is 11.7. The summed E-state index contributed by atoms with van der Waals surface area (Å²) >= 11 is 4.07. The first-order valence-electron chi connectivity index (χ1n) is 6.32. The number of para-hydroxylation sites is 1. The lowest BCUT2D eigenvalue weighted by atomic mass is 10.0.